The lowest BCUT2D eigenvalue weighted by atomic mass is 10.0. The summed E-state index contributed by atoms with van der Waals surface area (Å²) < 4.78 is 0. The summed E-state index contributed by atoms with van der Waals surface area (Å²) in [7, 11) is 0. The molecule has 1 heterocycles. The SMILES string of the molecule is C=C1CNCC12CC2. The summed E-state index contributed by atoms with van der Waals surface area (Å²) in [6.45, 7) is 6.28. The first-order valence-electron chi connectivity index (χ1n) is 3.22. The highest BCUT2D eigenvalue weighted by Crippen LogP contribution is 2.52. The molecular formula is C7H11N. The van der Waals surface area contributed by atoms with Gasteiger partial charge in [0.15, 0.2) is 0 Å². The third-order valence-electron chi connectivity index (χ3n) is 2.41. The van der Waals surface area contributed by atoms with Crippen molar-refractivity contribution in [2.24, 2.45) is 5.41 Å². The minimum atomic E-state index is 0.597. The fourth-order valence-corrected chi connectivity index (χ4v) is 1.45. The van der Waals surface area contributed by atoms with E-state index in [1.54, 1.807) is 0 Å². The van der Waals surface area contributed by atoms with E-state index in [0.29, 0.717) is 5.41 Å². The molecule has 0 bridgehead atoms. The number of nitrogens with one attached hydrogen (secondary N) is 1. The van der Waals surface area contributed by atoms with Crippen LogP contribution in [0.4, 0.5) is 0 Å². The summed E-state index contributed by atoms with van der Waals surface area (Å²) in [6.07, 6.45) is 2.78. The van der Waals surface area contributed by atoms with E-state index in [1.165, 1.54) is 25.0 Å². The first kappa shape index (κ1) is 4.57. The Labute approximate surface area is 49.8 Å². The largest absolute Gasteiger partial charge is 0.312 e. The van der Waals surface area contributed by atoms with Crippen LogP contribution in [0.5, 0.6) is 0 Å². The monoisotopic (exact) mass is 109 g/mol. The van der Waals surface area contributed by atoms with Gasteiger partial charge in [-0.15, -0.1) is 0 Å². The average Bonchev–Trinajstić information content (AvgIpc) is 2.39. The van der Waals surface area contributed by atoms with Crippen molar-refractivity contribution in [3.63, 3.8) is 0 Å². The van der Waals surface area contributed by atoms with Crippen molar-refractivity contribution in [3.05, 3.63) is 12.2 Å². The molecule has 0 unspecified atom stereocenters. The molecule has 0 amide bonds. The van der Waals surface area contributed by atoms with Crippen LogP contribution in [0.3, 0.4) is 0 Å². The van der Waals surface area contributed by atoms with Crippen LogP contribution in [0, 0.1) is 5.41 Å². The first-order valence-corrected chi connectivity index (χ1v) is 3.22. The predicted octanol–water partition coefficient (Wildman–Crippen LogP) is 0.926. The summed E-state index contributed by atoms with van der Waals surface area (Å²) in [4.78, 5) is 0. The van der Waals surface area contributed by atoms with Gasteiger partial charge in [-0.25, -0.2) is 0 Å². The lowest BCUT2D eigenvalue weighted by molar-refractivity contribution is 0.655. The molecule has 0 aromatic rings. The zero-order valence-electron chi connectivity index (χ0n) is 5.04. The van der Waals surface area contributed by atoms with E-state index in [-0.39, 0.29) is 0 Å². The number of hydrogen-bond acceptors (Lipinski definition) is 1. The van der Waals surface area contributed by atoms with Gasteiger partial charge >= 0.3 is 0 Å². The zero-order chi connectivity index (χ0) is 5.61. The van der Waals surface area contributed by atoms with Crippen molar-refractivity contribution in [2.75, 3.05) is 13.1 Å². The van der Waals surface area contributed by atoms with Gasteiger partial charge in [-0.1, -0.05) is 12.2 Å². The second-order valence-electron chi connectivity index (χ2n) is 2.99. The summed E-state index contributed by atoms with van der Waals surface area (Å²) >= 11 is 0. The van der Waals surface area contributed by atoms with Crippen LogP contribution in [0.2, 0.25) is 0 Å². The lowest BCUT2D eigenvalue weighted by Gasteiger charge is -2.01. The van der Waals surface area contributed by atoms with Gasteiger partial charge in [-0.05, 0) is 12.8 Å². The van der Waals surface area contributed by atoms with E-state index < -0.39 is 0 Å². The maximum atomic E-state index is 4.01. The van der Waals surface area contributed by atoms with E-state index in [4.69, 9.17) is 0 Å². The van der Waals surface area contributed by atoms with Crippen molar-refractivity contribution in [3.8, 4) is 0 Å². The molecule has 1 saturated carbocycles. The molecular weight excluding hydrogens is 98.1 g/mol. The van der Waals surface area contributed by atoms with Gasteiger partial charge < -0.3 is 5.32 Å². The second-order valence-corrected chi connectivity index (χ2v) is 2.99. The molecule has 0 aromatic heterocycles. The van der Waals surface area contributed by atoms with E-state index in [9.17, 15) is 0 Å². The van der Waals surface area contributed by atoms with E-state index in [1.807, 2.05) is 0 Å². The topological polar surface area (TPSA) is 12.0 Å². The molecule has 1 aliphatic carbocycles. The molecule has 1 heteroatoms. The molecule has 0 atom stereocenters. The molecule has 2 aliphatic rings. The Morgan fingerprint density at radius 2 is 2.25 bits per heavy atom. The highest BCUT2D eigenvalue weighted by atomic mass is 14.9. The fraction of sp³-hybridized carbons (Fsp3) is 0.714. The zero-order valence-corrected chi connectivity index (χ0v) is 5.04. The molecule has 1 aliphatic heterocycles. The second kappa shape index (κ2) is 1.16. The van der Waals surface area contributed by atoms with Crippen LogP contribution in [0.1, 0.15) is 12.8 Å². The predicted molar refractivity (Wildman–Crippen MR) is 33.7 cm³/mol. The highest BCUT2D eigenvalue weighted by molar-refractivity contribution is 5.25. The molecule has 2 fully saturated rings. The summed E-state index contributed by atoms with van der Waals surface area (Å²) in [6, 6.07) is 0. The Morgan fingerprint density at radius 1 is 1.50 bits per heavy atom. The fourth-order valence-electron chi connectivity index (χ4n) is 1.45. The maximum Gasteiger partial charge on any atom is 0.0168 e. The Balaban J connectivity index is 2.23. The standard InChI is InChI=1S/C7H11N/c1-6-4-8-5-7(6)2-3-7/h8H,1-5H2. The molecule has 1 nitrogen and oxygen atoms in total. The van der Waals surface area contributed by atoms with E-state index >= 15 is 0 Å². The quantitative estimate of drug-likeness (QED) is 0.456. The van der Waals surface area contributed by atoms with E-state index in [2.05, 4.69) is 11.9 Å². The van der Waals surface area contributed by atoms with Gasteiger partial charge in [0, 0.05) is 18.5 Å². The van der Waals surface area contributed by atoms with Crippen LogP contribution in [0.25, 0.3) is 0 Å². The summed E-state index contributed by atoms with van der Waals surface area (Å²) in [5.41, 5.74) is 2.04. The highest BCUT2D eigenvalue weighted by Gasteiger charge is 2.47. The van der Waals surface area contributed by atoms with Gasteiger partial charge in [0.1, 0.15) is 0 Å². The average molecular weight is 109 g/mol. The molecule has 2 rings (SSSR count). The Morgan fingerprint density at radius 3 is 2.50 bits per heavy atom. The smallest absolute Gasteiger partial charge is 0.0168 e. The van der Waals surface area contributed by atoms with Crippen LogP contribution < -0.4 is 5.32 Å². The van der Waals surface area contributed by atoms with Crippen molar-refractivity contribution >= 4 is 0 Å². The van der Waals surface area contributed by atoms with Gasteiger partial charge in [0.25, 0.3) is 0 Å². The number of hydrogen-bond donors (Lipinski definition) is 1. The van der Waals surface area contributed by atoms with Gasteiger partial charge in [0.2, 0.25) is 0 Å². The van der Waals surface area contributed by atoms with Crippen molar-refractivity contribution in [1.82, 2.24) is 5.32 Å². The van der Waals surface area contributed by atoms with Gasteiger partial charge in [0.05, 0.1) is 0 Å². The Kier molecular flexibility index (Phi) is 0.662. The normalized spacial score (nSPS) is 31.8. The first-order chi connectivity index (χ1) is 3.83. The Hall–Kier alpha value is -0.300. The van der Waals surface area contributed by atoms with Crippen LogP contribution >= 0.6 is 0 Å². The lowest BCUT2D eigenvalue weighted by Crippen LogP contribution is -2.08. The van der Waals surface area contributed by atoms with Gasteiger partial charge in [-0.2, -0.15) is 0 Å². The Bertz CT molecular complexity index is 133. The molecule has 1 spiro atoms. The molecule has 44 valence electrons. The van der Waals surface area contributed by atoms with Crippen LogP contribution in [-0.2, 0) is 0 Å². The van der Waals surface area contributed by atoms with Crippen molar-refractivity contribution in [2.45, 2.75) is 12.8 Å². The minimum absolute atomic E-state index is 0.597. The summed E-state index contributed by atoms with van der Waals surface area (Å²) in [5.74, 6) is 0. The third-order valence-corrected chi connectivity index (χ3v) is 2.41. The molecule has 1 N–H and O–H groups in total. The van der Waals surface area contributed by atoms with Crippen molar-refractivity contribution < 1.29 is 0 Å². The van der Waals surface area contributed by atoms with Crippen molar-refractivity contribution in [1.29, 1.82) is 0 Å². The van der Waals surface area contributed by atoms with Crippen LogP contribution in [0.15, 0.2) is 12.2 Å². The van der Waals surface area contributed by atoms with E-state index in [0.717, 1.165) is 6.54 Å². The molecule has 0 radical (unpaired) electrons. The summed E-state index contributed by atoms with van der Waals surface area (Å²) in [5, 5.41) is 3.33. The maximum absolute atomic E-state index is 4.01. The third kappa shape index (κ3) is 0.402. The van der Waals surface area contributed by atoms with Crippen LogP contribution in [-0.4, -0.2) is 13.1 Å². The molecule has 1 saturated heterocycles. The molecule has 0 aromatic carbocycles. The minimum Gasteiger partial charge on any atom is -0.312 e. The number of rotatable bonds is 0. The van der Waals surface area contributed by atoms with Gasteiger partial charge in [-0.3, -0.25) is 0 Å². The molecule has 8 heavy (non-hydrogen) atoms.